The van der Waals surface area contributed by atoms with E-state index in [0.29, 0.717) is 5.69 Å². The summed E-state index contributed by atoms with van der Waals surface area (Å²) in [6.07, 6.45) is 0. The van der Waals surface area contributed by atoms with Crippen molar-refractivity contribution in [2.24, 2.45) is 5.92 Å². The summed E-state index contributed by atoms with van der Waals surface area (Å²) in [6, 6.07) is 13.9. The van der Waals surface area contributed by atoms with Gasteiger partial charge in [0.05, 0.1) is 29.3 Å². The second-order valence-electron chi connectivity index (χ2n) is 5.74. The number of rotatable bonds is 6. The minimum absolute atomic E-state index is 0.0375. The molecule has 0 aliphatic heterocycles. The van der Waals surface area contributed by atoms with E-state index in [1.165, 1.54) is 12.1 Å². The minimum atomic E-state index is -0.506. The van der Waals surface area contributed by atoms with Crippen LogP contribution in [0.15, 0.2) is 42.5 Å². The van der Waals surface area contributed by atoms with Crippen LogP contribution in [0.3, 0.4) is 0 Å². The standard InChI is InChI=1S/C18H19N3O3/c1-12(2)18(13-4-7-16(24-3)8-5-13)20-17-9-6-15(21(22)23)10-14(17)11-19/h4-10,12,18,20H,1-3H3/t18-/m1/s1. The molecule has 2 aromatic carbocycles. The number of benzene rings is 2. The van der Waals surface area contributed by atoms with E-state index in [1.54, 1.807) is 13.2 Å². The van der Waals surface area contributed by atoms with Crippen LogP contribution in [0, 0.1) is 27.4 Å². The number of hydrogen-bond donors (Lipinski definition) is 1. The number of nitro benzene ring substituents is 1. The van der Waals surface area contributed by atoms with Crippen molar-refractivity contribution >= 4 is 11.4 Å². The van der Waals surface area contributed by atoms with Gasteiger partial charge in [-0.3, -0.25) is 10.1 Å². The topological polar surface area (TPSA) is 88.2 Å². The van der Waals surface area contributed by atoms with Gasteiger partial charge in [0.1, 0.15) is 11.8 Å². The van der Waals surface area contributed by atoms with E-state index in [2.05, 4.69) is 19.2 Å². The average molecular weight is 325 g/mol. The summed E-state index contributed by atoms with van der Waals surface area (Å²) in [4.78, 5) is 10.4. The van der Waals surface area contributed by atoms with Crippen LogP contribution >= 0.6 is 0 Å². The highest BCUT2D eigenvalue weighted by Gasteiger charge is 2.18. The Morgan fingerprint density at radius 2 is 1.88 bits per heavy atom. The number of non-ortho nitro benzene ring substituents is 1. The minimum Gasteiger partial charge on any atom is -0.497 e. The summed E-state index contributed by atoms with van der Waals surface area (Å²) in [5.74, 6) is 1.02. The number of anilines is 1. The maximum atomic E-state index is 10.9. The van der Waals surface area contributed by atoms with Gasteiger partial charge in [-0.05, 0) is 29.7 Å². The van der Waals surface area contributed by atoms with Crippen molar-refractivity contribution in [3.05, 3.63) is 63.7 Å². The van der Waals surface area contributed by atoms with Gasteiger partial charge < -0.3 is 10.1 Å². The second-order valence-corrected chi connectivity index (χ2v) is 5.74. The lowest BCUT2D eigenvalue weighted by molar-refractivity contribution is -0.384. The third-order valence-corrected chi connectivity index (χ3v) is 3.79. The number of methoxy groups -OCH3 is 1. The molecular weight excluding hydrogens is 306 g/mol. The Labute approximate surface area is 140 Å². The molecule has 0 aliphatic rings. The summed E-state index contributed by atoms with van der Waals surface area (Å²) in [5.41, 5.74) is 1.79. The van der Waals surface area contributed by atoms with Crippen molar-refractivity contribution in [3.63, 3.8) is 0 Å². The predicted molar refractivity (Wildman–Crippen MR) is 92.0 cm³/mol. The number of nitriles is 1. The molecule has 0 heterocycles. The fourth-order valence-electron chi connectivity index (χ4n) is 2.48. The van der Waals surface area contributed by atoms with Gasteiger partial charge in [0.2, 0.25) is 0 Å². The molecule has 0 spiro atoms. The highest BCUT2D eigenvalue weighted by atomic mass is 16.6. The molecule has 24 heavy (non-hydrogen) atoms. The molecule has 0 radical (unpaired) electrons. The van der Waals surface area contributed by atoms with Crippen LogP contribution in [0.25, 0.3) is 0 Å². The molecule has 0 fully saturated rings. The maximum Gasteiger partial charge on any atom is 0.270 e. The van der Waals surface area contributed by atoms with Crippen molar-refractivity contribution in [2.45, 2.75) is 19.9 Å². The average Bonchev–Trinajstić information content (AvgIpc) is 2.59. The van der Waals surface area contributed by atoms with Crippen molar-refractivity contribution in [1.29, 1.82) is 5.26 Å². The van der Waals surface area contributed by atoms with Crippen LogP contribution in [0.1, 0.15) is 31.0 Å². The lowest BCUT2D eigenvalue weighted by atomic mass is 9.95. The van der Waals surface area contributed by atoms with Gasteiger partial charge in [-0.25, -0.2) is 0 Å². The Balaban J connectivity index is 2.34. The molecule has 124 valence electrons. The quantitative estimate of drug-likeness (QED) is 0.632. The van der Waals surface area contributed by atoms with E-state index in [4.69, 9.17) is 4.74 Å². The van der Waals surface area contributed by atoms with E-state index >= 15 is 0 Å². The van der Waals surface area contributed by atoms with Gasteiger partial charge in [-0.2, -0.15) is 5.26 Å². The van der Waals surface area contributed by atoms with Crippen LogP contribution in [-0.2, 0) is 0 Å². The van der Waals surface area contributed by atoms with Gasteiger partial charge >= 0.3 is 0 Å². The first-order chi connectivity index (χ1) is 11.5. The van der Waals surface area contributed by atoms with Gasteiger partial charge in [-0.1, -0.05) is 26.0 Å². The number of nitro groups is 1. The van der Waals surface area contributed by atoms with Crippen LogP contribution in [0.5, 0.6) is 5.75 Å². The van der Waals surface area contributed by atoms with Crippen LogP contribution < -0.4 is 10.1 Å². The SMILES string of the molecule is COc1ccc([C@H](Nc2ccc([N+](=O)[O-])cc2C#N)C(C)C)cc1. The summed E-state index contributed by atoms with van der Waals surface area (Å²) in [5, 5.41) is 23.5. The smallest absolute Gasteiger partial charge is 0.270 e. The van der Waals surface area contributed by atoms with Crippen LogP contribution in [-0.4, -0.2) is 12.0 Å². The van der Waals surface area contributed by atoms with Gasteiger partial charge in [0.15, 0.2) is 0 Å². The van der Waals surface area contributed by atoms with Crippen LogP contribution in [0.2, 0.25) is 0 Å². The lowest BCUT2D eigenvalue weighted by Crippen LogP contribution is -2.17. The summed E-state index contributed by atoms with van der Waals surface area (Å²) in [6.45, 7) is 4.14. The summed E-state index contributed by atoms with van der Waals surface area (Å²) in [7, 11) is 1.61. The molecule has 0 amide bonds. The molecule has 1 N–H and O–H groups in total. The van der Waals surface area contributed by atoms with Crippen molar-refractivity contribution in [3.8, 4) is 11.8 Å². The van der Waals surface area contributed by atoms with E-state index in [1.807, 2.05) is 30.3 Å². The monoisotopic (exact) mass is 325 g/mol. The fraction of sp³-hybridized carbons (Fsp3) is 0.278. The lowest BCUT2D eigenvalue weighted by Gasteiger charge is -2.24. The normalized spacial score (nSPS) is 11.6. The van der Waals surface area contributed by atoms with E-state index in [0.717, 1.165) is 11.3 Å². The second kappa shape index (κ2) is 7.47. The van der Waals surface area contributed by atoms with Crippen molar-refractivity contribution in [2.75, 3.05) is 12.4 Å². The number of nitrogens with one attached hydrogen (secondary N) is 1. The summed E-state index contributed by atoms with van der Waals surface area (Å²) < 4.78 is 5.17. The third-order valence-electron chi connectivity index (χ3n) is 3.79. The maximum absolute atomic E-state index is 10.9. The molecule has 6 nitrogen and oxygen atoms in total. The first-order valence-electron chi connectivity index (χ1n) is 7.55. The Morgan fingerprint density at radius 1 is 1.21 bits per heavy atom. The van der Waals surface area contributed by atoms with Crippen molar-refractivity contribution < 1.29 is 9.66 Å². The Hall–Kier alpha value is -3.07. The van der Waals surface area contributed by atoms with Gasteiger partial charge in [0.25, 0.3) is 5.69 Å². The molecule has 0 aromatic heterocycles. The Kier molecular flexibility index (Phi) is 5.38. The molecule has 1 atom stereocenters. The molecule has 2 aromatic rings. The molecule has 0 aliphatic carbocycles. The fourth-order valence-corrected chi connectivity index (χ4v) is 2.48. The van der Waals surface area contributed by atoms with E-state index < -0.39 is 4.92 Å². The first kappa shape index (κ1) is 17.3. The zero-order chi connectivity index (χ0) is 17.7. The number of ether oxygens (including phenoxy) is 1. The van der Waals surface area contributed by atoms with Gasteiger partial charge in [0, 0.05) is 12.1 Å². The first-order valence-corrected chi connectivity index (χ1v) is 7.55. The van der Waals surface area contributed by atoms with Crippen molar-refractivity contribution in [1.82, 2.24) is 0 Å². The predicted octanol–water partition coefficient (Wildman–Crippen LogP) is 4.28. The highest BCUT2D eigenvalue weighted by molar-refractivity contribution is 5.62. The Bertz CT molecular complexity index is 764. The molecule has 0 bridgehead atoms. The zero-order valence-corrected chi connectivity index (χ0v) is 13.8. The third kappa shape index (κ3) is 3.82. The molecular formula is C18H19N3O3. The number of hydrogen-bond acceptors (Lipinski definition) is 5. The molecule has 0 unspecified atom stereocenters. The van der Waals surface area contributed by atoms with Crippen LogP contribution in [0.4, 0.5) is 11.4 Å². The molecule has 2 rings (SSSR count). The number of nitrogens with zero attached hydrogens (tertiary/aromatic N) is 2. The molecule has 6 heteroatoms. The Morgan fingerprint density at radius 3 is 2.38 bits per heavy atom. The molecule has 0 saturated heterocycles. The summed E-state index contributed by atoms with van der Waals surface area (Å²) >= 11 is 0. The van der Waals surface area contributed by atoms with E-state index in [-0.39, 0.29) is 23.2 Å². The highest BCUT2D eigenvalue weighted by Crippen LogP contribution is 2.30. The molecule has 0 saturated carbocycles. The largest absolute Gasteiger partial charge is 0.497 e. The van der Waals surface area contributed by atoms with E-state index in [9.17, 15) is 15.4 Å². The van der Waals surface area contributed by atoms with Gasteiger partial charge in [-0.15, -0.1) is 0 Å². The zero-order valence-electron chi connectivity index (χ0n) is 13.8.